The third-order valence-corrected chi connectivity index (χ3v) is 4.01. The molecule has 0 heteroatoms. The van der Waals surface area contributed by atoms with Crippen molar-refractivity contribution in [1.29, 1.82) is 0 Å². The Hall–Kier alpha value is 0. The van der Waals surface area contributed by atoms with E-state index in [1.165, 1.54) is 38.5 Å². The van der Waals surface area contributed by atoms with Crippen LogP contribution in [-0.4, -0.2) is 0 Å². The highest BCUT2D eigenvalue weighted by atomic mass is 14.4. The zero-order valence-corrected chi connectivity index (χ0v) is 10.3. The fourth-order valence-electron chi connectivity index (χ4n) is 3.04. The van der Waals surface area contributed by atoms with Crippen LogP contribution in [0.3, 0.4) is 0 Å². The molecule has 0 bridgehead atoms. The molecule has 0 N–H and O–H groups in total. The Morgan fingerprint density at radius 1 is 0.846 bits per heavy atom. The largest absolute Gasteiger partial charge is 0.0654 e. The van der Waals surface area contributed by atoms with Crippen molar-refractivity contribution in [3.63, 3.8) is 0 Å². The van der Waals surface area contributed by atoms with Crippen LogP contribution in [0.1, 0.15) is 73.1 Å². The van der Waals surface area contributed by atoms with Gasteiger partial charge in [0.1, 0.15) is 0 Å². The Morgan fingerprint density at radius 3 is 1.54 bits per heavy atom. The van der Waals surface area contributed by atoms with Gasteiger partial charge in [-0.3, -0.25) is 0 Å². The van der Waals surface area contributed by atoms with E-state index in [1.54, 1.807) is 0 Å². The van der Waals surface area contributed by atoms with Crippen molar-refractivity contribution in [2.45, 2.75) is 73.1 Å². The fourth-order valence-corrected chi connectivity index (χ4v) is 3.04. The van der Waals surface area contributed by atoms with Crippen LogP contribution in [0.15, 0.2) is 0 Å². The van der Waals surface area contributed by atoms with Crippen LogP contribution in [0.5, 0.6) is 0 Å². The summed E-state index contributed by atoms with van der Waals surface area (Å²) in [6.45, 7) is 11.8. The van der Waals surface area contributed by atoms with Crippen molar-refractivity contribution in [1.82, 2.24) is 0 Å². The Morgan fingerprint density at radius 2 is 1.31 bits per heavy atom. The standard InChI is InChI=1S/C13H28/c1-6-11-13(9-4,10-5)12(7-2)8-3/h12H,6-11H2,1-5H3. The summed E-state index contributed by atoms with van der Waals surface area (Å²) in [6, 6.07) is 0. The molecule has 0 radical (unpaired) electrons. The normalized spacial score (nSPS) is 12.5. The molecule has 0 aromatic carbocycles. The maximum absolute atomic E-state index is 2.37. The second-order valence-corrected chi connectivity index (χ2v) is 4.33. The van der Waals surface area contributed by atoms with E-state index in [2.05, 4.69) is 34.6 Å². The maximum atomic E-state index is 2.37. The van der Waals surface area contributed by atoms with Gasteiger partial charge in [0.2, 0.25) is 0 Å². The molecule has 0 nitrogen and oxygen atoms in total. The Labute approximate surface area is 85.1 Å². The molecule has 0 unspecified atom stereocenters. The lowest BCUT2D eigenvalue weighted by Crippen LogP contribution is -2.28. The van der Waals surface area contributed by atoms with Gasteiger partial charge in [-0.15, -0.1) is 0 Å². The van der Waals surface area contributed by atoms with Gasteiger partial charge in [0.05, 0.1) is 0 Å². The summed E-state index contributed by atoms with van der Waals surface area (Å²) >= 11 is 0. The van der Waals surface area contributed by atoms with Crippen molar-refractivity contribution in [3.8, 4) is 0 Å². The fraction of sp³-hybridized carbons (Fsp3) is 1.00. The van der Waals surface area contributed by atoms with E-state index in [4.69, 9.17) is 0 Å². The van der Waals surface area contributed by atoms with Gasteiger partial charge < -0.3 is 0 Å². The molecule has 0 saturated heterocycles. The molecule has 0 aliphatic heterocycles. The molecule has 0 aromatic heterocycles. The zero-order valence-electron chi connectivity index (χ0n) is 10.3. The predicted octanol–water partition coefficient (Wildman–Crippen LogP) is 5.03. The van der Waals surface area contributed by atoms with Gasteiger partial charge in [-0.05, 0) is 17.8 Å². The monoisotopic (exact) mass is 184 g/mol. The topological polar surface area (TPSA) is 0 Å². The first-order valence-electron chi connectivity index (χ1n) is 6.20. The Bertz CT molecular complexity index is 107. The molecule has 0 spiro atoms. The molecule has 0 fully saturated rings. The Balaban J connectivity index is 4.50. The Kier molecular flexibility index (Phi) is 6.45. The van der Waals surface area contributed by atoms with E-state index in [1.807, 2.05) is 0 Å². The van der Waals surface area contributed by atoms with Crippen molar-refractivity contribution in [2.75, 3.05) is 0 Å². The highest BCUT2D eigenvalue weighted by Gasteiger charge is 2.31. The van der Waals surface area contributed by atoms with Gasteiger partial charge in [0.15, 0.2) is 0 Å². The van der Waals surface area contributed by atoms with E-state index in [9.17, 15) is 0 Å². The van der Waals surface area contributed by atoms with E-state index in [0.717, 1.165) is 5.92 Å². The molecule has 0 aliphatic rings. The van der Waals surface area contributed by atoms with E-state index >= 15 is 0 Å². The lowest BCUT2D eigenvalue weighted by molar-refractivity contribution is 0.117. The summed E-state index contributed by atoms with van der Waals surface area (Å²) < 4.78 is 0. The minimum Gasteiger partial charge on any atom is -0.0654 e. The van der Waals surface area contributed by atoms with Crippen molar-refractivity contribution in [2.24, 2.45) is 11.3 Å². The van der Waals surface area contributed by atoms with E-state index < -0.39 is 0 Å². The van der Waals surface area contributed by atoms with Gasteiger partial charge in [-0.25, -0.2) is 0 Å². The molecule has 0 rings (SSSR count). The van der Waals surface area contributed by atoms with Crippen LogP contribution >= 0.6 is 0 Å². The molecule has 0 heterocycles. The van der Waals surface area contributed by atoms with Gasteiger partial charge in [-0.1, -0.05) is 66.7 Å². The summed E-state index contributed by atoms with van der Waals surface area (Å²) in [7, 11) is 0. The summed E-state index contributed by atoms with van der Waals surface area (Å²) in [5.41, 5.74) is 0.651. The SMILES string of the molecule is CCCC(CC)(CC)C(CC)CC. The third kappa shape index (κ3) is 3.00. The zero-order chi connectivity index (χ0) is 10.3. The van der Waals surface area contributed by atoms with Crippen LogP contribution in [0.2, 0.25) is 0 Å². The maximum Gasteiger partial charge on any atom is -0.0275 e. The lowest BCUT2D eigenvalue weighted by Gasteiger charge is -2.39. The molecule has 0 aromatic rings. The van der Waals surface area contributed by atoms with Gasteiger partial charge in [-0.2, -0.15) is 0 Å². The first-order valence-corrected chi connectivity index (χ1v) is 6.20. The molecule has 13 heavy (non-hydrogen) atoms. The highest BCUT2D eigenvalue weighted by Crippen LogP contribution is 2.43. The highest BCUT2D eigenvalue weighted by molar-refractivity contribution is 4.82. The smallest absolute Gasteiger partial charge is 0.0275 e. The molecular formula is C13H28. The summed E-state index contributed by atoms with van der Waals surface area (Å²) in [5, 5.41) is 0. The molecule has 0 aliphatic carbocycles. The summed E-state index contributed by atoms with van der Waals surface area (Å²) in [6.07, 6.45) is 8.22. The van der Waals surface area contributed by atoms with Gasteiger partial charge in [0, 0.05) is 0 Å². The molecule has 0 amide bonds. The average molecular weight is 184 g/mol. The minimum absolute atomic E-state index is 0.651. The number of rotatable bonds is 7. The second-order valence-electron chi connectivity index (χ2n) is 4.33. The predicted molar refractivity (Wildman–Crippen MR) is 62.0 cm³/mol. The van der Waals surface area contributed by atoms with Crippen LogP contribution in [0, 0.1) is 11.3 Å². The first kappa shape index (κ1) is 13.0. The second kappa shape index (κ2) is 6.45. The average Bonchev–Trinajstić information content (AvgIpc) is 2.18. The number of hydrogen-bond acceptors (Lipinski definition) is 0. The first-order chi connectivity index (χ1) is 6.20. The van der Waals surface area contributed by atoms with Crippen LogP contribution < -0.4 is 0 Å². The molecular weight excluding hydrogens is 156 g/mol. The van der Waals surface area contributed by atoms with Gasteiger partial charge in [0.25, 0.3) is 0 Å². The molecule has 0 saturated carbocycles. The van der Waals surface area contributed by atoms with Crippen LogP contribution in [-0.2, 0) is 0 Å². The molecule has 80 valence electrons. The van der Waals surface area contributed by atoms with E-state index in [0.29, 0.717) is 5.41 Å². The van der Waals surface area contributed by atoms with Crippen molar-refractivity contribution >= 4 is 0 Å². The lowest BCUT2D eigenvalue weighted by atomic mass is 9.66. The quantitative estimate of drug-likeness (QED) is 0.520. The van der Waals surface area contributed by atoms with E-state index in [-0.39, 0.29) is 0 Å². The van der Waals surface area contributed by atoms with Crippen molar-refractivity contribution < 1.29 is 0 Å². The third-order valence-electron chi connectivity index (χ3n) is 4.01. The minimum atomic E-state index is 0.651. The van der Waals surface area contributed by atoms with Crippen LogP contribution in [0.25, 0.3) is 0 Å². The summed E-state index contributed by atoms with van der Waals surface area (Å²) in [5.74, 6) is 0.947. The van der Waals surface area contributed by atoms with Crippen molar-refractivity contribution in [3.05, 3.63) is 0 Å². The number of hydrogen-bond donors (Lipinski definition) is 0. The molecule has 0 atom stereocenters. The van der Waals surface area contributed by atoms with Gasteiger partial charge >= 0.3 is 0 Å². The summed E-state index contributed by atoms with van der Waals surface area (Å²) in [4.78, 5) is 0. The van der Waals surface area contributed by atoms with Crippen LogP contribution in [0.4, 0.5) is 0 Å².